The van der Waals surface area contributed by atoms with Crippen LogP contribution in [0.2, 0.25) is 0 Å². The van der Waals surface area contributed by atoms with Crippen molar-refractivity contribution in [3.63, 3.8) is 0 Å². The minimum absolute atomic E-state index is 0.0197. The molecule has 0 aliphatic carbocycles. The average molecular weight is 260 g/mol. The molecule has 0 aromatic heterocycles. The summed E-state index contributed by atoms with van der Waals surface area (Å²) in [7, 11) is 0. The summed E-state index contributed by atoms with van der Waals surface area (Å²) in [5.41, 5.74) is 5.60. The summed E-state index contributed by atoms with van der Waals surface area (Å²) in [5, 5.41) is 3.07. The maximum atomic E-state index is 12.0. The molecule has 1 saturated heterocycles. The first-order valence-corrected chi connectivity index (χ1v) is 7.39. The van der Waals surface area contributed by atoms with Gasteiger partial charge in [-0.25, -0.2) is 0 Å². The van der Waals surface area contributed by atoms with E-state index in [2.05, 4.69) is 5.32 Å². The Labute approximate surface area is 107 Å². The first-order valence-electron chi connectivity index (χ1n) is 5.82. The molecule has 1 aliphatic heterocycles. The van der Waals surface area contributed by atoms with Crippen LogP contribution >= 0.6 is 24.0 Å². The monoisotopic (exact) mass is 260 g/mol. The summed E-state index contributed by atoms with van der Waals surface area (Å²) in [4.78, 5) is 12.3. The van der Waals surface area contributed by atoms with E-state index in [1.54, 1.807) is 0 Å². The Kier molecular flexibility index (Phi) is 6.13. The van der Waals surface area contributed by atoms with E-state index in [4.69, 9.17) is 18.0 Å². The van der Waals surface area contributed by atoms with Gasteiger partial charge in [0.25, 0.3) is 0 Å². The van der Waals surface area contributed by atoms with Gasteiger partial charge in [-0.1, -0.05) is 25.6 Å². The van der Waals surface area contributed by atoms with Gasteiger partial charge in [0.2, 0.25) is 5.91 Å². The van der Waals surface area contributed by atoms with Gasteiger partial charge < -0.3 is 11.1 Å². The molecule has 0 aromatic carbocycles. The summed E-state index contributed by atoms with van der Waals surface area (Å²) >= 11 is 6.89. The zero-order valence-corrected chi connectivity index (χ0v) is 11.3. The van der Waals surface area contributed by atoms with Gasteiger partial charge in [-0.05, 0) is 30.8 Å². The van der Waals surface area contributed by atoms with Gasteiger partial charge in [-0.15, -0.1) is 0 Å². The minimum atomic E-state index is -0.283. The van der Waals surface area contributed by atoms with Crippen LogP contribution in [-0.4, -0.2) is 28.4 Å². The summed E-state index contributed by atoms with van der Waals surface area (Å²) in [6.45, 7) is 2.04. The summed E-state index contributed by atoms with van der Waals surface area (Å²) < 4.78 is 0. The van der Waals surface area contributed by atoms with Crippen molar-refractivity contribution in [1.29, 1.82) is 0 Å². The number of thiocarbonyl (C=S) groups is 1. The predicted molar refractivity (Wildman–Crippen MR) is 73.7 cm³/mol. The van der Waals surface area contributed by atoms with Crippen molar-refractivity contribution in [3.05, 3.63) is 0 Å². The topological polar surface area (TPSA) is 55.1 Å². The molecule has 1 unspecified atom stereocenters. The normalized spacial score (nSPS) is 19.1. The third-order valence-electron chi connectivity index (χ3n) is 2.80. The molecule has 1 amide bonds. The van der Waals surface area contributed by atoms with E-state index in [1.807, 2.05) is 18.7 Å². The zero-order valence-electron chi connectivity index (χ0n) is 9.70. The maximum absolute atomic E-state index is 12.0. The molecule has 1 fully saturated rings. The molecule has 1 aliphatic rings. The molecule has 0 bridgehead atoms. The Bertz CT molecular complexity index is 252. The maximum Gasteiger partial charge on any atom is 0.230 e. The minimum Gasteiger partial charge on any atom is -0.393 e. The summed E-state index contributed by atoms with van der Waals surface area (Å²) in [6.07, 6.45) is 3.80. The lowest BCUT2D eigenvalue weighted by Crippen LogP contribution is -2.44. The smallest absolute Gasteiger partial charge is 0.230 e. The second-order valence-electron chi connectivity index (χ2n) is 4.14. The van der Waals surface area contributed by atoms with Crippen LogP contribution in [-0.2, 0) is 4.79 Å². The number of amides is 1. The van der Waals surface area contributed by atoms with E-state index >= 15 is 0 Å². The standard InChI is InChI=1S/C11H20N2OS2/c1-2-3-9(10(12)15)11(14)13-8-4-6-16-7-5-8/h8-9H,2-7H2,1H3,(H2,12,15)(H,13,14). The largest absolute Gasteiger partial charge is 0.393 e. The Morgan fingerprint density at radius 1 is 1.56 bits per heavy atom. The van der Waals surface area contributed by atoms with Crippen molar-refractivity contribution in [2.24, 2.45) is 11.7 Å². The van der Waals surface area contributed by atoms with Gasteiger partial charge in [0.15, 0.2) is 0 Å². The van der Waals surface area contributed by atoms with Crippen molar-refractivity contribution in [1.82, 2.24) is 5.32 Å². The molecule has 1 heterocycles. The molecule has 1 atom stereocenters. The van der Waals surface area contributed by atoms with Crippen LogP contribution in [0.4, 0.5) is 0 Å². The number of hydrogen-bond acceptors (Lipinski definition) is 3. The molecule has 16 heavy (non-hydrogen) atoms. The van der Waals surface area contributed by atoms with Gasteiger partial charge in [-0.2, -0.15) is 11.8 Å². The number of carbonyl (C=O) groups is 1. The number of carbonyl (C=O) groups excluding carboxylic acids is 1. The second-order valence-corrected chi connectivity index (χ2v) is 5.84. The Morgan fingerprint density at radius 3 is 2.69 bits per heavy atom. The average Bonchev–Trinajstić information content (AvgIpc) is 2.26. The second kappa shape index (κ2) is 7.12. The molecule has 92 valence electrons. The quantitative estimate of drug-likeness (QED) is 0.739. The Morgan fingerprint density at radius 2 is 2.19 bits per heavy atom. The van der Waals surface area contributed by atoms with Crippen molar-refractivity contribution in [2.75, 3.05) is 11.5 Å². The highest BCUT2D eigenvalue weighted by molar-refractivity contribution is 7.99. The molecule has 0 spiro atoms. The van der Waals surface area contributed by atoms with Crippen LogP contribution in [0.15, 0.2) is 0 Å². The molecule has 3 N–H and O–H groups in total. The zero-order chi connectivity index (χ0) is 12.0. The molecule has 0 saturated carbocycles. The highest BCUT2D eigenvalue weighted by atomic mass is 32.2. The first kappa shape index (κ1) is 13.8. The molecule has 1 rings (SSSR count). The number of rotatable bonds is 5. The highest BCUT2D eigenvalue weighted by Crippen LogP contribution is 2.18. The lowest BCUT2D eigenvalue weighted by molar-refractivity contribution is -0.123. The molecular weight excluding hydrogens is 240 g/mol. The van der Waals surface area contributed by atoms with Crippen molar-refractivity contribution in [3.8, 4) is 0 Å². The lowest BCUT2D eigenvalue weighted by atomic mass is 10.0. The van der Waals surface area contributed by atoms with Gasteiger partial charge in [0.1, 0.15) is 0 Å². The highest BCUT2D eigenvalue weighted by Gasteiger charge is 2.23. The molecule has 0 aromatic rings. The van der Waals surface area contributed by atoms with Crippen molar-refractivity contribution < 1.29 is 4.79 Å². The summed E-state index contributed by atoms with van der Waals surface area (Å²) in [6, 6.07) is 0.322. The lowest BCUT2D eigenvalue weighted by Gasteiger charge is -2.24. The van der Waals surface area contributed by atoms with E-state index in [-0.39, 0.29) is 11.8 Å². The van der Waals surface area contributed by atoms with Crippen molar-refractivity contribution >= 4 is 34.9 Å². The molecular formula is C11H20N2OS2. The number of nitrogens with one attached hydrogen (secondary N) is 1. The van der Waals surface area contributed by atoms with Gasteiger partial charge in [0, 0.05) is 6.04 Å². The molecule has 5 heteroatoms. The predicted octanol–water partition coefficient (Wildman–Crippen LogP) is 1.70. The van der Waals surface area contributed by atoms with E-state index in [0.717, 1.165) is 37.2 Å². The van der Waals surface area contributed by atoms with Crippen LogP contribution in [0.3, 0.4) is 0 Å². The van der Waals surface area contributed by atoms with E-state index in [1.165, 1.54) is 0 Å². The Hall–Kier alpha value is -0.290. The van der Waals surface area contributed by atoms with Crippen LogP contribution < -0.4 is 11.1 Å². The van der Waals surface area contributed by atoms with E-state index in [0.29, 0.717) is 11.0 Å². The fourth-order valence-electron chi connectivity index (χ4n) is 1.83. The van der Waals surface area contributed by atoms with E-state index in [9.17, 15) is 4.79 Å². The molecule has 3 nitrogen and oxygen atoms in total. The molecule has 0 radical (unpaired) electrons. The van der Waals surface area contributed by atoms with Gasteiger partial charge >= 0.3 is 0 Å². The number of thioether (sulfide) groups is 1. The third-order valence-corrected chi connectivity index (χ3v) is 4.14. The first-order chi connectivity index (χ1) is 7.65. The van der Waals surface area contributed by atoms with Crippen molar-refractivity contribution in [2.45, 2.75) is 38.6 Å². The summed E-state index contributed by atoms with van der Waals surface area (Å²) in [5.74, 6) is 2.01. The third kappa shape index (κ3) is 4.29. The van der Waals surface area contributed by atoms with Crippen LogP contribution in [0, 0.1) is 5.92 Å². The fourth-order valence-corrected chi connectivity index (χ4v) is 3.17. The van der Waals surface area contributed by atoms with Crippen LogP contribution in [0.25, 0.3) is 0 Å². The SMILES string of the molecule is CCCC(C(=O)NC1CCSCC1)C(N)=S. The fraction of sp³-hybridized carbons (Fsp3) is 0.818. The van der Waals surface area contributed by atoms with Crippen LogP contribution in [0.5, 0.6) is 0 Å². The Balaban J connectivity index is 2.44. The number of hydrogen-bond donors (Lipinski definition) is 2. The van der Waals surface area contributed by atoms with Gasteiger partial charge in [0.05, 0.1) is 10.9 Å². The van der Waals surface area contributed by atoms with E-state index < -0.39 is 0 Å². The number of nitrogens with two attached hydrogens (primary N) is 1. The van der Waals surface area contributed by atoms with Gasteiger partial charge in [-0.3, -0.25) is 4.79 Å². The van der Waals surface area contributed by atoms with Crippen LogP contribution in [0.1, 0.15) is 32.6 Å².